The fraction of sp³-hybridized carbons (Fsp3) is 0.286. The van der Waals surface area contributed by atoms with Gasteiger partial charge in [0.05, 0.1) is 18.5 Å². The van der Waals surface area contributed by atoms with E-state index in [1.807, 2.05) is 35.0 Å². The Hall–Kier alpha value is -2.75. The number of hydrogen-bond donors (Lipinski definition) is 1. The summed E-state index contributed by atoms with van der Waals surface area (Å²) < 4.78 is 7.05. The Morgan fingerprint density at radius 2 is 1.72 bits per heavy atom. The first-order chi connectivity index (χ1) is 11.8. The van der Waals surface area contributed by atoms with Crippen molar-refractivity contribution in [1.29, 1.82) is 0 Å². The van der Waals surface area contributed by atoms with E-state index < -0.39 is 0 Å². The van der Waals surface area contributed by atoms with Crippen molar-refractivity contribution < 1.29 is 9.84 Å². The summed E-state index contributed by atoms with van der Waals surface area (Å²) in [5, 5.41) is 15.0. The van der Waals surface area contributed by atoms with E-state index in [2.05, 4.69) is 51.0 Å². The zero-order chi connectivity index (χ0) is 18.2. The van der Waals surface area contributed by atoms with Crippen LogP contribution in [0.5, 0.6) is 11.6 Å². The number of hydrogen-bond acceptors (Lipinski definition) is 3. The van der Waals surface area contributed by atoms with E-state index in [-0.39, 0.29) is 11.3 Å². The number of benzene rings is 2. The maximum absolute atomic E-state index is 10.6. The Bertz CT molecular complexity index is 887. The van der Waals surface area contributed by atoms with Crippen molar-refractivity contribution in [2.24, 2.45) is 0 Å². The number of ether oxygens (including phenoxy) is 1. The second-order valence-electron chi connectivity index (χ2n) is 7.28. The standard InChI is InChI=1S/C21H24N2O2/c1-14-7-6-8-15(13-14)19-18(21(2,3)4)20(24)22-23(19)16-9-11-17(25-5)12-10-16/h6-13H,1-5H3,(H,22,24). The van der Waals surface area contributed by atoms with Crippen molar-refractivity contribution in [3.8, 4) is 28.6 Å². The van der Waals surface area contributed by atoms with Gasteiger partial charge in [-0.3, -0.25) is 0 Å². The first kappa shape index (κ1) is 17.1. The molecule has 2 aromatic carbocycles. The number of rotatable bonds is 3. The van der Waals surface area contributed by atoms with Gasteiger partial charge in [-0.15, -0.1) is 5.10 Å². The molecule has 25 heavy (non-hydrogen) atoms. The Morgan fingerprint density at radius 1 is 1.04 bits per heavy atom. The van der Waals surface area contributed by atoms with Crippen LogP contribution < -0.4 is 4.74 Å². The van der Waals surface area contributed by atoms with Crippen LogP contribution in [-0.4, -0.2) is 22.0 Å². The molecule has 0 aliphatic carbocycles. The second kappa shape index (κ2) is 6.28. The van der Waals surface area contributed by atoms with E-state index in [1.165, 1.54) is 5.56 Å². The van der Waals surface area contributed by atoms with Gasteiger partial charge in [0.15, 0.2) is 0 Å². The van der Waals surface area contributed by atoms with E-state index in [4.69, 9.17) is 4.74 Å². The van der Waals surface area contributed by atoms with Crippen LogP contribution in [0.15, 0.2) is 48.5 Å². The summed E-state index contributed by atoms with van der Waals surface area (Å²) in [7, 11) is 1.64. The van der Waals surface area contributed by atoms with Gasteiger partial charge < -0.3 is 9.84 Å². The third kappa shape index (κ3) is 3.25. The lowest BCUT2D eigenvalue weighted by molar-refractivity contribution is 0.414. The highest BCUT2D eigenvalue weighted by molar-refractivity contribution is 5.70. The molecule has 0 atom stereocenters. The summed E-state index contributed by atoms with van der Waals surface area (Å²) in [4.78, 5) is 0. The van der Waals surface area contributed by atoms with Crippen LogP contribution in [-0.2, 0) is 5.41 Å². The number of aromatic hydroxyl groups is 1. The van der Waals surface area contributed by atoms with Crippen LogP contribution in [0.2, 0.25) is 0 Å². The fourth-order valence-corrected chi connectivity index (χ4v) is 3.07. The van der Waals surface area contributed by atoms with Crippen molar-refractivity contribution in [1.82, 2.24) is 9.78 Å². The smallest absolute Gasteiger partial charge is 0.235 e. The molecule has 0 amide bonds. The first-order valence-electron chi connectivity index (χ1n) is 8.35. The lowest BCUT2D eigenvalue weighted by atomic mass is 9.85. The minimum Gasteiger partial charge on any atom is -0.497 e. The van der Waals surface area contributed by atoms with E-state index in [0.717, 1.165) is 28.3 Å². The molecule has 0 unspecified atom stereocenters. The van der Waals surface area contributed by atoms with Gasteiger partial charge in [0.2, 0.25) is 5.88 Å². The average molecular weight is 336 g/mol. The summed E-state index contributed by atoms with van der Waals surface area (Å²) in [6.45, 7) is 8.32. The molecule has 1 aromatic heterocycles. The highest BCUT2D eigenvalue weighted by atomic mass is 16.5. The third-order valence-corrected chi connectivity index (χ3v) is 4.23. The Kier molecular flexibility index (Phi) is 4.29. The number of aryl methyl sites for hydroxylation is 1. The Labute approximate surface area is 148 Å². The summed E-state index contributed by atoms with van der Waals surface area (Å²) in [5.74, 6) is 0.855. The van der Waals surface area contributed by atoms with Crippen LogP contribution >= 0.6 is 0 Å². The van der Waals surface area contributed by atoms with Gasteiger partial charge >= 0.3 is 0 Å². The maximum atomic E-state index is 10.6. The first-order valence-corrected chi connectivity index (χ1v) is 8.35. The average Bonchev–Trinajstić information content (AvgIpc) is 2.92. The summed E-state index contributed by atoms with van der Waals surface area (Å²) >= 11 is 0. The summed E-state index contributed by atoms with van der Waals surface area (Å²) in [6, 6.07) is 15.9. The Morgan fingerprint density at radius 3 is 2.28 bits per heavy atom. The third-order valence-electron chi connectivity index (χ3n) is 4.23. The van der Waals surface area contributed by atoms with E-state index in [0.29, 0.717) is 0 Å². The molecule has 0 spiro atoms. The molecule has 3 rings (SSSR count). The molecule has 0 bridgehead atoms. The molecule has 1 N–H and O–H groups in total. The molecule has 3 aromatic rings. The molecule has 4 nitrogen and oxygen atoms in total. The van der Waals surface area contributed by atoms with Gasteiger partial charge in [0.1, 0.15) is 5.75 Å². The number of methoxy groups -OCH3 is 1. The number of aromatic nitrogens is 2. The fourth-order valence-electron chi connectivity index (χ4n) is 3.07. The lowest BCUT2D eigenvalue weighted by Crippen LogP contribution is -2.13. The topological polar surface area (TPSA) is 47.3 Å². The molecule has 130 valence electrons. The van der Waals surface area contributed by atoms with Crippen molar-refractivity contribution in [3.05, 3.63) is 59.7 Å². The van der Waals surface area contributed by atoms with Crippen molar-refractivity contribution in [2.45, 2.75) is 33.1 Å². The Balaban J connectivity index is 2.28. The molecule has 4 heteroatoms. The van der Waals surface area contributed by atoms with Crippen molar-refractivity contribution >= 4 is 0 Å². The molecule has 0 aliphatic rings. The van der Waals surface area contributed by atoms with Gasteiger partial charge in [-0.2, -0.15) is 0 Å². The highest BCUT2D eigenvalue weighted by Crippen LogP contribution is 2.40. The predicted molar refractivity (Wildman–Crippen MR) is 101 cm³/mol. The minimum atomic E-state index is -0.242. The normalized spacial score (nSPS) is 11.6. The van der Waals surface area contributed by atoms with Gasteiger partial charge in [0, 0.05) is 11.1 Å². The van der Waals surface area contributed by atoms with Gasteiger partial charge in [-0.1, -0.05) is 44.5 Å². The van der Waals surface area contributed by atoms with E-state index in [9.17, 15) is 5.11 Å². The molecular formula is C21H24N2O2. The maximum Gasteiger partial charge on any atom is 0.235 e. The zero-order valence-electron chi connectivity index (χ0n) is 15.4. The van der Waals surface area contributed by atoms with Gasteiger partial charge in [-0.25, -0.2) is 4.68 Å². The van der Waals surface area contributed by atoms with Gasteiger partial charge in [0.25, 0.3) is 0 Å². The predicted octanol–water partition coefficient (Wildman–Crippen LogP) is 4.86. The highest BCUT2D eigenvalue weighted by Gasteiger charge is 2.29. The molecule has 0 fully saturated rings. The van der Waals surface area contributed by atoms with Crippen molar-refractivity contribution in [2.75, 3.05) is 7.11 Å². The van der Waals surface area contributed by atoms with Crippen LogP contribution in [0, 0.1) is 6.92 Å². The summed E-state index contributed by atoms with van der Waals surface area (Å²) in [6.07, 6.45) is 0. The zero-order valence-corrected chi connectivity index (χ0v) is 15.4. The molecule has 0 saturated heterocycles. The number of nitrogens with zero attached hydrogens (tertiary/aromatic N) is 2. The monoisotopic (exact) mass is 336 g/mol. The quantitative estimate of drug-likeness (QED) is 0.743. The van der Waals surface area contributed by atoms with Crippen LogP contribution in [0.3, 0.4) is 0 Å². The van der Waals surface area contributed by atoms with Crippen LogP contribution in [0.4, 0.5) is 0 Å². The van der Waals surface area contributed by atoms with Crippen LogP contribution in [0.1, 0.15) is 31.9 Å². The van der Waals surface area contributed by atoms with E-state index >= 15 is 0 Å². The lowest BCUT2D eigenvalue weighted by Gasteiger charge is -2.20. The molecule has 0 saturated carbocycles. The molecule has 0 aliphatic heterocycles. The van der Waals surface area contributed by atoms with Crippen molar-refractivity contribution in [3.63, 3.8) is 0 Å². The molecule has 0 radical (unpaired) electrons. The minimum absolute atomic E-state index is 0.0693. The molecular weight excluding hydrogens is 312 g/mol. The summed E-state index contributed by atoms with van der Waals surface area (Å²) in [5.41, 5.74) is 4.59. The van der Waals surface area contributed by atoms with Crippen LogP contribution in [0.25, 0.3) is 16.9 Å². The van der Waals surface area contributed by atoms with Gasteiger partial charge in [-0.05, 0) is 42.7 Å². The largest absolute Gasteiger partial charge is 0.497 e. The van der Waals surface area contributed by atoms with E-state index in [1.54, 1.807) is 7.11 Å². The second-order valence-corrected chi connectivity index (χ2v) is 7.28. The molecule has 1 heterocycles. The SMILES string of the molecule is COc1ccc(-n2nc(O)c(C(C)(C)C)c2-c2cccc(C)c2)cc1.